The first-order valence-corrected chi connectivity index (χ1v) is 6.12. The van der Waals surface area contributed by atoms with E-state index in [1.807, 2.05) is 0 Å². The van der Waals surface area contributed by atoms with Gasteiger partial charge in [0.05, 0.1) is 17.6 Å². The normalized spacial score (nSPS) is 20.1. The van der Waals surface area contributed by atoms with E-state index in [9.17, 15) is 13.2 Å². The fourth-order valence-electron chi connectivity index (χ4n) is 2.12. The maximum absolute atomic E-state index is 13.8. The summed E-state index contributed by atoms with van der Waals surface area (Å²) in [4.78, 5) is 0. The van der Waals surface area contributed by atoms with E-state index in [0.29, 0.717) is 5.56 Å². The molecule has 1 saturated carbocycles. The molecule has 106 valence electrons. The molecule has 0 bridgehead atoms. The molecule has 1 aromatic heterocycles. The summed E-state index contributed by atoms with van der Waals surface area (Å²) in [6, 6.07) is 2.55. The molecular formula is C13H13F3N4. The van der Waals surface area contributed by atoms with Crippen molar-refractivity contribution in [3.8, 4) is 11.1 Å². The molecule has 3 rings (SSSR count). The van der Waals surface area contributed by atoms with Gasteiger partial charge in [0.15, 0.2) is 0 Å². The number of benzene rings is 1. The van der Waals surface area contributed by atoms with Crippen LogP contribution < -0.4 is 11.5 Å². The van der Waals surface area contributed by atoms with Crippen molar-refractivity contribution < 1.29 is 13.2 Å². The molecule has 4 nitrogen and oxygen atoms in total. The number of halogens is 3. The molecule has 1 aromatic carbocycles. The van der Waals surface area contributed by atoms with Crippen LogP contribution in [0.5, 0.6) is 0 Å². The predicted octanol–water partition coefficient (Wildman–Crippen LogP) is 2.51. The minimum atomic E-state index is -2.59. The summed E-state index contributed by atoms with van der Waals surface area (Å²) in [6.07, 6.45) is 2.84. The van der Waals surface area contributed by atoms with E-state index < -0.39 is 17.7 Å². The Kier molecular flexibility index (Phi) is 2.67. The first kappa shape index (κ1) is 12.8. The van der Waals surface area contributed by atoms with Crippen molar-refractivity contribution >= 4 is 11.4 Å². The van der Waals surface area contributed by atoms with Gasteiger partial charge in [-0.15, -0.1) is 0 Å². The van der Waals surface area contributed by atoms with Gasteiger partial charge >= 0.3 is 0 Å². The molecular weight excluding hydrogens is 269 g/mol. The second-order valence-corrected chi connectivity index (χ2v) is 5.07. The fraction of sp³-hybridized carbons (Fsp3) is 0.308. The second-order valence-electron chi connectivity index (χ2n) is 5.07. The van der Waals surface area contributed by atoms with E-state index in [-0.39, 0.29) is 29.9 Å². The first-order chi connectivity index (χ1) is 9.37. The molecule has 7 heteroatoms. The molecule has 1 unspecified atom stereocenters. The van der Waals surface area contributed by atoms with Crippen LogP contribution in [0.2, 0.25) is 0 Å². The molecule has 4 N–H and O–H groups in total. The van der Waals surface area contributed by atoms with Gasteiger partial charge in [-0.25, -0.2) is 13.2 Å². The maximum atomic E-state index is 13.8. The van der Waals surface area contributed by atoms with Crippen LogP contribution >= 0.6 is 0 Å². The van der Waals surface area contributed by atoms with Crippen LogP contribution in [-0.4, -0.2) is 15.7 Å². The van der Waals surface area contributed by atoms with Crippen LogP contribution in [-0.2, 0) is 6.54 Å². The highest BCUT2D eigenvalue weighted by Gasteiger charge is 2.56. The highest BCUT2D eigenvalue weighted by atomic mass is 19.3. The van der Waals surface area contributed by atoms with E-state index in [4.69, 9.17) is 11.5 Å². The average Bonchev–Trinajstić information content (AvgIpc) is 2.76. The van der Waals surface area contributed by atoms with Crippen LogP contribution in [0.4, 0.5) is 24.5 Å². The molecule has 2 aromatic rings. The van der Waals surface area contributed by atoms with Crippen molar-refractivity contribution in [1.29, 1.82) is 0 Å². The Bertz CT molecular complexity index is 666. The highest BCUT2D eigenvalue weighted by Crippen LogP contribution is 2.49. The average molecular weight is 282 g/mol. The third kappa shape index (κ3) is 2.19. The summed E-state index contributed by atoms with van der Waals surface area (Å²) in [5.41, 5.74) is 12.3. The Morgan fingerprint density at radius 1 is 1.30 bits per heavy atom. The minimum absolute atomic E-state index is 0.120. The fourth-order valence-corrected chi connectivity index (χ4v) is 2.12. The molecule has 1 aliphatic rings. The number of nitrogens with two attached hydrogens (primary N) is 2. The molecule has 0 saturated heterocycles. The summed E-state index contributed by atoms with van der Waals surface area (Å²) in [5.74, 6) is -3.80. The SMILES string of the molecule is Nc1cc(F)c(-c2cnn(CC3CC3(F)F)c2)cc1N. The summed E-state index contributed by atoms with van der Waals surface area (Å²) < 4.78 is 40.9. The maximum Gasteiger partial charge on any atom is 0.253 e. The number of hydrogen-bond acceptors (Lipinski definition) is 3. The van der Waals surface area contributed by atoms with Crippen molar-refractivity contribution in [3.05, 3.63) is 30.3 Å². The van der Waals surface area contributed by atoms with Crippen LogP contribution in [0.1, 0.15) is 6.42 Å². The smallest absolute Gasteiger partial charge is 0.253 e. The van der Waals surface area contributed by atoms with Crippen LogP contribution in [0.15, 0.2) is 24.5 Å². The molecule has 0 amide bonds. The van der Waals surface area contributed by atoms with Crippen molar-refractivity contribution in [2.24, 2.45) is 5.92 Å². The zero-order chi connectivity index (χ0) is 14.5. The monoisotopic (exact) mass is 282 g/mol. The van der Waals surface area contributed by atoms with Gasteiger partial charge in [0.1, 0.15) is 5.82 Å². The summed E-state index contributed by atoms with van der Waals surface area (Å²) in [6.45, 7) is 0.124. The van der Waals surface area contributed by atoms with Crippen LogP contribution in [0.25, 0.3) is 11.1 Å². The third-order valence-corrected chi connectivity index (χ3v) is 3.48. The van der Waals surface area contributed by atoms with E-state index in [0.717, 1.165) is 6.07 Å². The topological polar surface area (TPSA) is 69.9 Å². The first-order valence-electron chi connectivity index (χ1n) is 6.12. The lowest BCUT2D eigenvalue weighted by Crippen LogP contribution is -2.05. The standard InChI is InChI=1S/C13H13F3N4/c14-10-2-12(18)11(17)1-9(10)7-4-19-20(5-7)6-8-3-13(8,15)16/h1-2,4-5,8H,3,6,17-18H2. The summed E-state index contributed by atoms with van der Waals surface area (Å²) >= 11 is 0. The Morgan fingerprint density at radius 3 is 2.60 bits per heavy atom. The molecule has 20 heavy (non-hydrogen) atoms. The molecule has 1 aliphatic carbocycles. The number of nitrogens with zero attached hydrogens (tertiary/aromatic N) is 2. The van der Waals surface area contributed by atoms with Gasteiger partial charge in [0, 0.05) is 36.2 Å². The Hall–Kier alpha value is -2.18. The second kappa shape index (κ2) is 4.16. The van der Waals surface area contributed by atoms with Gasteiger partial charge in [-0.2, -0.15) is 5.10 Å². The van der Waals surface area contributed by atoms with Gasteiger partial charge in [0.25, 0.3) is 5.92 Å². The van der Waals surface area contributed by atoms with Gasteiger partial charge in [-0.1, -0.05) is 0 Å². The molecule has 0 aliphatic heterocycles. The number of anilines is 2. The number of rotatable bonds is 3. The lowest BCUT2D eigenvalue weighted by molar-refractivity contribution is 0.0942. The molecule has 0 spiro atoms. The van der Waals surface area contributed by atoms with Gasteiger partial charge < -0.3 is 11.5 Å². The van der Waals surface area contributed by atoms with Gasteiger partial charge in [0.2, 0.25) is 0 Å². The molecule has 1 fully saturated rings. The summed E-state index contributed by atoms with van der Waals surface area (Å²) in [7, 11) is 0. The van der Waals surface area contributed by atoms with E-state index in [1.54, 1.807) is 0 Å². The Balaban J connectivity index is 1.85. The Morgan fingerprint density at radius 2 is 1.95 bits per heavy atom. The minimum Gasteiger partial charge on any atom is -0.397 e. The van der Waals surface area contributed by atoms with Crippen molar-refractivity contribution in [1.82, 2.24) is 9.78 Å². The van der Waals surface area contributed by atoms with Crippen molar-refractivity contribution in [2.75, 3.05) is 11.5 Å². The van der Waals surface area contributed by atoms with Crippen LogP contribution in [0.3, 0.4) is 0 Å². The number of hydrogen-bond donors (Lipinski definition) is 2. The van der Waals surface area contributed by atoms with E-state index >= 15 is 0 Å². The predicted molar refractivity (Wildman–Crippen MR) is 69.5 cm³/mol. The Labute approximate surface area is 113 Å². The summed E-state index contributed by atoms with van der Waals surface area (Å²) in [5, 5.41) is 3.98. The lowest BCUT2D eigenvalue weighted by atomic mass is 10.1. The van der Waals surface area contributed by atoms with Crippen LogP contribution in [0, 0.1) is 11.7 Å². The van der Waals surface area contributed by atoms with Crippen molar-refractivity contribution in [2.45, 2.75) is 18.9 Å². The van der Waals surface area contributed by atoms with Gasteiger partial charge in [-0.05, 0) is 12.1 Å². The number of alkyl halides is 2. The molecule has 0 radical (unpaired) electrons. The lowest BCUT2D eigenvalue weighted by Gasteiger charge is -2.05. The number of aromatic nitrogens is 2. The molecule has 1 heterocycles. The zero-order valence-electron chi connectivity index (χ0n) is 10.5. The van der Waals surface area contributed by atoms with Crippen molar-refractivity contribution in [3.63, 3.8) is 0 Å². The third-order valence-electron chi connectivity index (χ3n) is 3.48. The largest absolute Gasteiger partial charge is 0.397 e. The van der Waals surface area contributed by atoms with E-state index in [2.05, 4.69) is 5.10 Å². The van der Waals surface area contributed by atoms with E-state index in [1.165, 1.54) is 23.1 Å². The quantitative estimate of drug-likeness (QED) is 0.850. The molecule has 1 atom stereocenters. The number of nitrogen functional groups attached to an aromatic ring is 2. The highest BCUT2D eigenvalue weighted by molar-refractivity contribution is 5.74. The van der Waals surface area contributed by atoms with Gasteiger partial charge in [-0.3, -0.25) is 4.68 Å². The zero-order valence-corrected chi connectivity index (χ0v) is 10.5.